The van der Waals surface area contributed by atoms with Gasteiger partial charge in [-0.25, -0.2) is 0 Å². The zero-order valence-electron chi connectivity index (χ0n) is 12.2. The van der Waals surface area contributed by atoms with Gasteiger partial charge in [0.05, 0.1) is 6.54 Å². The Morgan fingerprint density at radius 3 is 2.40 bits per heavy atom. The van der Waals surface area contributed by atoms with Crippen LogP contribution >= 0.6 is 0 Å². The molecular formula is C15H27N3O2. The van der Waals surface area contributed by atoms with E-state index in [-0.39, 0.29) is 24.4 Å². The average molecular weight is 281 g/mol. The minimum atomic E-state index is -0.0638. The monoisotopic (exact) mass is 281 g/mol. The van der Waals surface area contributed by atoms with E-state index in [1.54, 1.807) is 0 Å². The zero-order chi connectivity index (χ0) is 14.2. The summed E-state index contributed by atoms with van der Waals surface area (Å²) in [6, 6.07) is 0.263. The molecule has 2 amide bonds. The van der Waals surface area contributed by atoms with E-state index in [4.69, 9.17) is 0 Å². The van der Waals surface area contributed by atoms with Crippen LogP contribution in [0.4, 0.5) is 0 Å². The first-order valence-electron chi connectivity index (χ1n) is 8.01. The topological polar surface area (TPSA) is 70.2 Å². The van der Waals surface area contributed by atoms with Gasteiger partial charge in [0, 0.05) is 12.5 Å². The van der Waals surface area contributed by atoms with Gasteiger partial charge >= 0.3 is 0 Å². The molecule has 20 heavy (non-hydrogen) atoms. The number of amides is 2. The number of carbonyl (C=O) groups is 2. The molecule has 2 fully saturated rings. The van der Waals surface area contributed by atoms with E-state index in [9.17, 15) is 9.59 Å². The Hall–Kier alpha value is -1.10. The Morgan fingerprint density at radius 1 is 1.00 bits per heavy atom. The molecule has 0 radical (unpaired) electrons. The number of hydrogen-bond donors (Lipinski definition) is 3. The maximum atomic E-state index is 11.7. The summed E-state index contributed by atoms with van der Waals surface area (Å²) in [4.78, 5) is 23.4. The summed E-state index contributed by atoms with van der Waals surface area (Å²) in [5.74, 6) is 0.674. The Bertz CT molecular complexity index is 321. The van der Waals surface area contributed by atoms with Crippen LogP contribution in [0.3, 0.4) is 0 Å². The zero-order valence-corrected chi connectivity index (χ0v) is 12.2. The number of rotatable bonds is 6. The minimum Gasteiger partial charge on any atom is -0.352 e. The summed E-state index contributed by atoms with van der Waals surface area (Å²) in [5.41, 5.74) is 0. The molecule has 1 saturated heterocycles. The molecule has 3 N–H and O–H groups in total. The van der Waals surface area contributed by atoms with Crippen LogP contribution in [0.15, 0.2) is 0 Å². The molecule has 0 aromatic carbocycles. The number of nitrogens with one attached hydrogen (secondary N) is 3. The van der Waals surface area contributed by atoms with Gasteiger partial charge < -0.3 is 16.0 Å². The van der Waals surface area contributed by atoms with E-state index in [0.29, 0.717) is 6.42 Å². The Morgan fingerprint density at radius 2 is 1.70 bits per heavy atom. The second-order valence-corrected chi connectivity index (χ2v) is 6.06. The molecule has 0 unspecified atom stereocenters. The van der Waals surface area contributed by atoms with Crippen LogP contribution in [0.5, 0.6) is 0 Å². The van der Waals surface area contributed by atoms with Gasteiger partial charge in [-0.05, 0) is 38.3 Å². The quantitative estimate of drug-likeness (QED) is 0.678. The number of hydrogen-bond acceptors (Lipinski definition) is 3. The first-order valence-corrected chi connectivity index (χ1v) is 8.01. The van der Waals surface area contributed by atoms with Crippen LogP contribution in [0.25, 0.3) is 0 Å². The first kappa shape index (κ1) is 15.3. The summed E-state index contributed by atoms with van der Waals surface area (Å²) in [7, 11) is 0. The average Bonchev–Trinajstić information content (AvgIpc) is 2.97. The predicted molar refractivity (Wildman–Crippen MR) is 78.2 cm³/mol. The molecular weight excluding hydrogens is 254 g/mol. The van der Waals surface area contributed by atoms with Crippen molar-refractivity contribution in [1.29, 1.82) is 0 Å². The Kier molecular flexibility index (Phi) is 6.30. The van der Waals surface area contributed by atoms with Gasteiger partial charge in [-0.3, -0.25) is 9.59 Å². The third-order valence-electron chi connectivity index (χ3n) is 4.40. The fourth-order valence-electron chi connectivity index (χ4n) is 3.15. The molecule has 0 aromatic heterocycles. The largest absolute Gasteiger partial charge is 0.352 e. The van der Waals surface area contributed by atoms with Crippen molar-refractivity contribution >= 4 is 11.8 Å². The third-order valence-corrected chi connectivity index (χ3v) is 4.40. The SMILES string of the molecule is O=C(CCC1CCCC1)NCC(=O)NC1CCNCC1. The van der Waals surface area contributed by atoms with Gasteiger partial charge in [-0.1, -0.05) is 25.7 Å². The lowest BCUT2D eigenvalue weighted by Crippen LogP contribution is -2.46. The van der Waals surface area contributed by atoms with Gasteiger partial charge in [0.15, 0.2) is 0 Å². The highest BCUT2D eigenvalue weighted by Gasteiger charge is 2.17. The summed E-state index contributed by atoms with van der Waals surface area (Å²) in [6.45, 7) is 2.03. The minimum absolute atomic E-state index is 0.0114. The van der Waals surface area contributed by atoms with Crippen molar-refractivity contribution in [2.75, 3.05) is 19.6 Å². The highest BCUT2D eigenvalue weighted by atomic mass is 16.2. The second kappa shape index (κ2) is 8.25. The first-order chi connectivity index (χ1) is 9.74. The van der Waals surface area contributed by atoms with Crippen molar-refractivity contribution in [3.05, 3.63) is 0 Å². The maximum Gasteiger partial charge on any atom is 0.239 e. The van der Waals surface area contributed by atoms with Gasteiger partial charge in [0.1, 0.15) is 0 Å². The number of carbonyl (C=O) groups excluding carboxylic acids is 2. The van der Waals surface area contributed by atoms with Crippen LogP contribution in [0, 0.1) is 5.92 Å². The van der Waals surface area contributed by atoms with Crippen molar-refractivity contribution in [2.45, 2.75) is 57.4 Å². The van der Waals surface area contributed by atoms with E-state index in [0.717, 1.165) is 38.3 Å². The van der Waals surface area contributed by atoms with Crippen molar-refractivity contribution in [2.24, 2.45) is 5.92 Å². The molecule has 0 bridgehead atoms. The summed E-state index contributed by atoms with van der Waals surface area (Å²) < 4.78 is 0. The van der Waals surface area contributed by atoms with E-state index < -0.39 is 0 Å². The van der Waals surface area contributed by atoms with Gasteiger partial charge in [0.2, 0.25) is 11.8 Å². The molecule has 0 spiro atoms. The molecule has 2 rings (SSSR count). The van der Waals surface area contributed by atoms with E-state index in [1.807, 2.05) is 0 Å². The van der Waals surface area contributed by atoms with Crippen molar-refractivity contribution in [3.8, 4) is 0 Å². The Balaban J connectivity index is 1.53. The van der Waals surface area contributed by atoms with Gasteiger partial charge in [0.25, 0.3) is 0 Å². The van der Waals surface area contributed by atoms with E-state index in [1.165, 1.54) is 25.7 Å². The lowest BCUT2D eigenvalue weighted by Gasteiger charge is -2.23. The molecule has 5 nitrogen and oxygen atoms in total. The maximum absolute atomic E-state index is 11.7. The van der Waals surface area contributed by atoms with Crippen LogP contribution in [-0.4, -0.2) is 37.5 Å². The lowest BCUT2D eigenvalue weighted by atomic mass is 10.0. The molecule has 1 heterocycles. The van der Waals surface area contributed by atoms with Gasteiger partial charge in [-0.15, -0.1) is 0 Å². The standard InChI is InChI=1S/C15H27N3O2/c19-14(6-5-12-3-1-2-4-12)17-11-15(20)18-13-7-9-16-10-8-13/h12-13,16H,1-11H2,(H,17,19)(H,18,20). The number of piperidine rings is 1. The van der Waals surface area contributed by atoms with Crippen molar-refractivity contribution in [1.82, 2.24) is 16.0 Å². The van der Waals surface area contributed by atoms with Crippen LogP contribution in [0.2, 0.25) is 0 Å². The Labute approximate surface area is 121 Å². The molecule has 1 saturated carbocycles. The molecule has 5 heteroatoms. The van der Waals surface area contributed by atoms with E-state index >= 15 is 0 Å². The van der Waals surface area contributed by atoms with Crippen LogP contribution in [0.1, 0.15) is 51.4 Å². The smallest absolute Gasteiger partial charge is 0.239 e. The summed E-state index contributed by atoms with van der Waals surface area (Å²) in [5, 5.41) is 8.97. The normalized spacial score (nSPS) is 20.8. The van der Waals surface area contributed by atoms with Crippen molar-refractivity contribution < 1.29 is 9.59 Å². The van der Waals surface area contributed by atoms with E-state index in [2.05, 4.69) is 16.0 Å². The fraction of sp³-hybridized carbons (Fsp3) is 0.867. The van der Waals surface area contributed by atoms with Crippen LogP contribution in [-0.2, 0) is 9.59 Å². The second-order valence-electron chi connectivity index (χ2n) is 6.06. The summed E-state index contributed by atoms with van der Waals surface area (Å²) >= 11 is 0. The van der Waals surface area contributed by atoms with Crippen molar-refractivity contribution in [3.63, 3.8) is 0 Å². The molecule has 0 aromatic rings. The fourth-order valence-corrected chi connectivity index (χ4v) is 3.15. The van der Waals surface area contributed by atoms with Gasteiger partial charge in [-0.2, -0.15) is 0 Å². The molecule has 1 aliphatic carbocycles. The third kappa shape index (κ3) is 5.49. The molecule has 2 aliphatic rings. The molecule has 1 aliphatic heterocycles. The molecule has 114 valence electrons. The predicted octanol–water partition coefficient (Wildman–Crippen LogP) is 0.941. The molecule has 0 atom stereocenters. The summed E-state index contributed by atoms with van der Waals surface area (Å²) in [6.07, 6.45) is 8.64. The highest BCUT2D eigenvalue weighted by molar-refractivity contribution is 5.84. The lowest BCUT2D eigenvalue weighted by molar-refractivity contribution is -0.126. The van der Waals surface area contributed by atoms with Crippen LogP contribution < -0.4 is 16.0 Å². The highest BCUT2D eigenvalue weighted by Crippen LogP contribution is 2.28.